The quantitative estimate of drug-likeness (QED) is 0.538. The van der Waals surface area contributed by atoms with Gasteiger partial charge in [-0.25, -0.2) is 4.98 Å². The Balaban J connectivity index is 2.34. The molecule has 58 valence electrons. The Hall–Kier alpha value is -0.850. The Morgan fingerprint density at radius 1 is 1.82 bits per heavy atom. The summed E-state index contributed by atoms with van der Waals surface area (Å²) in [5.74, 6) is 2.51. The number of hydrogen-bond acceptors (Lipinski definition) is 3. The summed E-state index contributed by atoms with van der Waals surface area (Å²) in [6, 6.07) is 0. The smallest absolute Gasteiger partial charge is 0.107 e. The van der Waals surface area contributed by atoms with Crippen molar-refractivity contribution in [1.29, 1.82) is 0 Å². The third-order valence-corrected chi connectivity index (χ3v) is 2.09. The Bertz CT molecular complexity index is 259. The summed E-state index contributed by atoms with van der Waals surface area (Å²) in [6.45, 7) is 3.43. The van der Waals surface area contributed by atoms with E-state index in [2.05, 4.69) is 16.2 Å². The van der Waals surface area contributed by atoms with Crippen LogP contribution in [0.15, 0.2) is 6.20 Å². The van der Waals surface area contributed by atoms with E-state index in [9.17, 15) is 0 Å². The maximum absolute atomic E-state index is 5.07. The van der Waals surface area contributed by atoms with Gasteiger partial charge in [-0.15, -0.1) is 17.8 Å². The minimum absolute atomic E-state index is 0.610. The van der Waals surface area contributed by atoms with Crippen molar-refractivity contribution >= 4 is 11.3 Å². The number of terminal acetylenes is 1. The average Bonchev–Trinajstić information content (AvgIpc) is 2.37. The molecule has 1 aromatic rings. The fourth-order valence-electron chi connectivity index (χ4n) is 0.725. The zero-order valence-corrected chi connectivity index (χ0v) is 7.24. The van der Waals surface area contributed by atoms with Crippen molar-refractivity contribution in [2.75, 3.05) is 6.54 Å². The van der Waals surface area contributed by atoms with Gasteiger partial charge in [0.25, 0.3) is 0 Å². The molecule has 0 atom stereocenters. The summed E-state index contributed by atoms with van der Waals surface area (Å²) >= 11 is 1.70. The third kappa shape index (κ3) is 2.71. The van der Waals surface area contributed by atoms with Crippen molar-refractivity contribution in [3.63, 3.8) is 0 Å². The van der Waals surface area contributed by atoms with Gasteiger partial charge in [0.1, 0.15) is 5.01 Å². The molecule has 0 aliphatic carbocycles. The first kappa shape index (κ1) is 8.25. The molecule has 0 unspecified atom stereocenters. The van der Waals surface area contributed by atoms with Crippen molar-refractivity contribution in [3.05, 3.63) is 16.1 Å². The van der Waals surface area contributed by atoms with Gasteiger partial charge in [-0.05, 0) is 6.92 Å². The van der Waals surface area contributed by atoms with Gasteiger partial charge in [0.2, 0.25) is 0 Å². The molecular weight excluding hydrogens is 156 g/mol. The van der Waals surface area contributed by atoms with Crippen LogP contribution in [0.1, 0.15) is 9.88 Å². The molecule has 3 heteroatoms. The summed E-state index contributed by atoms with van der Waals surface area (Å²) < 4.78 is 0. The fraction of sp³-hybridized carbons (Fsp3) is 0.375. The monoisotopic (exact) mass is 166 g/mol. The minimum Gasteiger partial charge on any atom is -0.300 e. The number of hydrogen-bond donors (Lipinski definition) is 1. The SMILES string of the molecule is C#CCNCc1ncc(C)s1. The average molecular weight is 166 g/mol. The number of aromatic nitrogens is 1. The van der Waals surface area contributed by atoms with Crippen molar-refractivity contribution in [3.8, 4) is 12.3 Å². The zero-order chi connectivity index (χ0) is 8.10. The number of nitrogens with one attached hydrogen (secondary N) is 1. The second-order valence-corrected chi connectivity index (χ2v) is 3.49. The first-order valence-electron chi connectivity index (χ1n) is 3.38. The molecule has 0 spiro atoms. The van der Waals surface area contributed by atoms with Gasteiger partial charge in [0.05, 0.1) is 6.54 Å². The molecule has 1 N–H and O–H groups in total. The highest BCUT2D eigenvalue weighted by Crippen LogP contribution is 2.09. The number of aryl methyl sites for hydroxylation is 1. The summed E-state index contributed by atoms with van der Waals surface area (Å²) in [4.78, 5) is 5.41. The van der Waals surface area contributed by atoms with E-state index in [1.54, 1.807) is 11.3 Å². The van der Waals surface area contributed by atoms with Gasteiger partial charge in [-0.1, -0.05) is 5.92 Å². The lowest BCUT2D eigenvalue weighted by Crippen LogP contribution is -2.12. The van der Waals surface area contributed by atoms with Gasteiger partial charge >= 0.3 is 0 Å². The highest BCUT2D eigenvalue weighted by Gasteiger charge is 1.95. The van der Waals surface area contributed by atoms with Gasteiger partial charge in [-0.3, -0.25) is 5.32 Å². The van der Waals surface area contributed by atoms with Gasteiger partial charge < -0.3 is 0 Å². The second-order valence-electron chi connectivity index (χ2n) is 2.17. The highest BCUT2D eigenvalue weighted by atomic mass is 32.1. The molecule has 0 radical (unpaired) electrons. The van der Waals surface area contributed by atoms with Crippen LogP contribution in [0.25, 0.3) is 0 Å². The van der Waals surface area contributed by atoms with Gasteiger partial charge in [0.15, 0.2) is 0 Å². The predicted molar refractivity (Wildman–Crippen MR) is 47.4 cm³/mol. The molecule has 1 rings (SSSR count). The van der Waals surface area contributed by atoms with E-state index in [1.165, 1.54) is 4.88 Å². The summed E-state index contributed by atoms with van der Waals surface area (Å²) in [5, 5.41) is 4.17. The Kier molecular flexibility index (Phi) is 3.09. The van der Waals surface area contributed by atoms with Crippen LogP contribution in [-0.4, -0.2) is 11.5 Å². The normalized spacial score (nSPS) is 9.45. The first-order valence-corrected chi connectivity index (χ1v) is 4.20. The van der Waals surface area contributed by atoms with Crippen LogP contribution in [0.2, 0.25) is 0 Å². The van der Waals surface area contributed by atoms with Crippen LogP contribution in [0.3, 0.4) is 0 Å². The topological polar surface area (TPSA) is 24.9 Å². The zero-order valence-electron chi connectivity index (χ0n) is 6.42. The van der Waals surface area contributed by atoms with Crippen LogP contribution in [0.4, 0.5) is 0 Å². The highest BCUT2D eigenvalue weighted by molar-refractivity contribution is 7.11. The molecule has 0 bridgehead atoms. The fourth-order valence-corrected chi connectivity index (χ4v) is 1.48. The molecule has 11 heavy (non-hydrogen) atoms. The van der Waals surface area contributed by atoms with E-state index in [0.29, 0.717) is 6.54 Å². The Labute approximate surface area is 70.7 Å². The molecule has 2 nitrogen and oxygen atoms in total. The maximum atomic E-state index is 5.07. The van der Waals surface area contributed by atoms with Crippen molar-refractivity contribution in [2.45, 2.75) is 13.5 Å². The molecule has 0 aromatic carbocycles. The molecule has 1 heterocycles. The molecule has 0 amide bonds. The summed E-state index contributed by atoms with van der Waals surface area (Å²) in [5.41, 5.74) is 0. The van der Waals surface area contributed by atoms with Crippen LogP contribution < -0.4 is 5.32 Å². The van der Waals surface area contributed by atoms with E-state index in [-0.39, 0.29) is 0 Å². The van der Waals surface area contributed by atoms with Crippen LogP contribution in [0.5, 0.6) is 0 Å². The summed E-state index contributed by atoms with van der Waals surface area (Å²) in [7, 11) is 0. The maximum Gasteiger partial charge on any atom is 0.107 e. The van der Waals surface area contributed by atoms with Gasteiger partial charge in [0, 0.05) is 17.6 Å². The molecule has 1 aromatic heterocycles. The van der Waals surface area contributed by atoms with E-state index in [0.717, 1.165) is 11.6 Å². The van der Waals surface area contributed by atoms with Crippen molar-refractivity contribution in [2.24, 2.45) is 0 Å². The number of nitrogens with zero attached hydrogens (tertiary/aromatic N) is 1. The molecular formula is C8H10N2S. The summed E-state index contributed by atoms with van der Waals surface area (Å²) in [6.07, 6.45) is 6.94. The molecule has 0 saturated carbocycles. The van der Waals surface area contributed by atoms with E-state index < -0.39 is 0 Å². The van der Waals surface area contributed by atoms with Crippen molar-refractivity contribution < 1.29 is 0 Å². The number of rotatable bonds is 3. The largest absolute Gasteiger partial charge is 0.300 e. The molecule has 0 fully saturated rings. The first-order chi connectivity index (χ1) is 5.33. The van der Waals surface area contributed by atoms with E-state index >= 15 is 0 Å². The van der Waals surface area contributed by atoms with Crippen LogP contribution >= 0.6 is 11.3 Å². The lowest BCUT2D eigenvalue weighted by atomic mass is 10.6. The van der Waals surface area contributed by atoms with Crippen molar-refractivity contribution in [1.82, 2.24) is 10.3 Å². The predicted octanol–water partition coefficient (Wildman–Crippen LogP) is 1.17. The van der Waals surface area contributed by atoms with Crippen LogP contribution in [-0.2, 0) is 6.54 Å². The molecule has 0 aliphatic rings. The Morgan fingerprint density at radius 2 is 2.64 bits per heavy atom. The molecule has 0 saturated heterocycles. The lowest BCUT2D eigenvalue weighted by molar-refractivity contribution is 0.764. The lowest BCUT2D eigenvalue weighted by Gasteiger charge is -1.93. The minimum atomic E-state index is 0.610. The third-order valence-electron chi connectivity index (χ3n) is 1.17. The van der Waals surface area contributed by atoms with Gasteiger partial charge in [-0.2, -0.15) is 0 Å². The Morgan fingerprint density at radius 3 is 3.18 bits per heavy atom. The van der Waals surface area contributed by atoms with E-state index in [4.69, 9.17) is 6.42 Å². The molecule has 0 aliphatic heterocycles. The standard InChI is InChI=1S/C8H10N2S/c1-3-4-9-6-8-10-5-7(2)11-8/h1,5,9H,4,6H2,2H3. The van der Waals surface area contributed by atoms with Crippen LogP contribution in [0, 0.1) is 19.3 Å². The second kappa shape index (κ2) is 4.12. The number of thiazole rings is 1. The van der Waals surface area contributed by atoms with E-state index in [1.807, 2.05) is 13.1 Å².